The Bertz CT molecular complexity index is 1040. The number of para-hydroxylation sites is 1. The van der Waals surface area contributed by atoms with Crippen molar-refractivity contribution in [3.05, 3.63) is 95.6 Å². The van der Waals surface area contributed by atoms with Crippen LogP contribution in [0.5, 0.6) is 0 Å². The second-order valence-electron chi connectivity index (χ2n) is 6.17. The lowest BCUT2D eigenvalue weighted by molar-refractivity contribution is 0.102. The van der Waals surface area contributed by atoms with Gasteiger partial charge in [-0.2, -0.15) is 0 Å². The summed E-state index contributed by atoms with van der Waals surface area (Å²) in [6.45, 7) is 1.57. The van der Waals surface area contributed by atoms with Crippen molar-refractivity contribution in [2.45, 2.75) is 18.2 Å². The molecule has 0 atom stereocenters. The molecule has 4 nitrogen and oxygen atoms in total. The van der Waals surface area contributed by atoms with Crippen LogP contribution in [0.25, 0.3) is 0 Å². The maximum atomic E-state index is 12.8. The van der Waals surface area contributed by atoms with Crippen molar-refractivity contribution in [2.75, 3.05) is 11.1 Å². The molecule has 0 aromatic heterocycles. The van der Waals surface area contributed by atoms with Crippen molar-refractivity contribution in [2.24, 2.45) is 0 Å². The molecule has 3 aromatic rings. The molecule has 3 rings (SSSR count). The van der Waals surface area contributed by atoms with E-state index in [1.54, 1.807) is 19.1 Å². The first-order valence-corrected chi connectivity index (χ1v) is 10.4. The summed E-state index contributed by atoms with van der Waals surface area (Å²) in [7, 11) is -3.49. The van der Waals surface area contributed by atoms with E-state index in [1.165, 1.54) is 12.1 Å². The van der Waals surface area contributed by atoms with Crippen molar-refractivity contribution < 1.29 is 13.2 Å². The molecule has 1 N–H and O–H groups in total. The predicted octanol–water partition coefficient (Wildman–Crippen LogP) is 4.32. The summed E-state index contributed by atoms with van der Waals surface area (Å²) in [6.07, 6.45) is 0.673. The highest BCUT2D eigenvalue weighted by atomic mass is 32.2. The van der Waals surface area contributed by atoms with Gasteiger partial charge in [0.2, 0.25) is 0 Å². The van der Waals surface area contributed by atoms with Gasteiger partial charge >= 0.3 is 0 Å². The van der Waals surface area contributed by atoms with Gasteiger partial charge in [0, 0.05) is 5.69 Å². The second-order valence-corrected chi connectivity index (χ2v) is 8.42. The summed E-state index contributed by atoms with van der Waals surface area (Å²) in [4.78, 5) is 12.9. The van der Waals surface area contributed by atoms with Crippen LogP contribution in [-0.4, -0.2) is 20.1 Å². The Balaban J connectivity index is 1.90. The molecule has 0 saturated carbocycles. The Morgan fingerprint density at radius 2 is 1.48 bits per heavy atom. The van der Waals surface area contributed by atoms with Crippen LogP contribution < -0.4 is 5.32 Å². The minimum atomic E-state index is -3.49. The third-order valence-electron chi connectivity index (χ3n) is 4.35. The molecule has 0 aliphatic rings. The van der Waals surface area contributed by atoms with Crippen LogP contribution in [0.15, 0.2) is 83.8 Å². The standard InChI is InChI=1S/C22H21NO3S/c1-2-27(25,26)21-15-9-7-13-19(21)22(24)23-20-14-8-6-12-18(20)16-17-10-4-3-5-11-17/h3-15H,2,16H2,1H3,(H,23,24). The van der Waals surface area contributed by atoms with Crippen LogP contribution in [0, 0.1) is 0 Å². The van der Waals surface area contributed by atoms with Crippen LogP contribution in [-0.2, 0) is 16.3 Å². The van der Waals surface area contributed by atoms with Gasteiger partial charge in [0.1, 0.15) is 0 Å². The highest BCUT2D eigenvalue weighted by molar-refractivity contribution is 7.91. The average Bonchev–Trinajstić information content (AvgIpc) is 2.70. The molecule has 27 heavy (non-hydrogen) atoms. The molecule has 0 fully saturated rings. The lowest BCUT2D eigenvalue weighted by Gasteiger charge is -2.13. The molecule has 0 aliphatic heterocycles. The summed E-state index contributed by atoms with van der Waals surface area (Å²) in [5.41, 5.74) is 2.94. The van der Waals surface area contributed by atoms with E-state index in [9.17, 15) is 13.2 Å². The third kappa shape index (κ3) is 4.44. The molecule has 0 spiro atoms. The Labute approximate surface area is 159 Å². The second kappa shape index (κ2) is 8.18. The molecule has 0 heterocycles. The fourth-order valence-corrected chi connectivity index (χ4v) is 3.98. The van der Waals surface area contributed by atoms with Crippen molar-refractivity contribution in [3.8, 4) is 0 Å². The van der Waals surface area contributed by atoms with Crippen LogP contribution in [0.2, 0.25) is 0 Å². The molecule has 0 unspecified atom stereocenters. The summed E-state index contributed by atoms with van der Waals surface area (Å²) in [6, 6.07) is 23.8. The van der Waals surface area contributed by atoms with E-state index in [1.807, 2.05) is 54.6 Å². The lowest BCUT2D eigenvalue weighted by Crippen LogP contribution is -2.18. The van der Waals surface area contributed by atoms with E-state index in [2.05, 4.69) is 5.32 Å². The van der Waals surface area contributed by atoms with E-state index in [0.717, 1.165) is 11.1 Å². The smallest absolute Gasteiger partial charge is 0.256 e. The van der Waals surface area contributed by atoms with E-state index >= 15 is 0 Å². The highest BCUT2D eigenvalue weighted by Gasteiger charge is 2.21. The Morgan fingerprint density at radius 1 is 0.852 bits per heavy atom. The zero-order chi connectivity index (χ0) is 19.3. The van der Waals surface area contributed by atoms with Gasteiger partial charge in [0.05, 0.1) is 16.2 Å². The molecule has 5 heteroatoms. The number of benzene rings is 3. The number of hydrogen-bond acceptors (Lipinski definition) is 3. The summed E-state index contributed by atoms with van der Waals surface area (Å²) < 4.78 is 24.6. The van der Waals surface area contributed by atoms with Crippen molar-refractivity contribution in [3.63, 3.8) is 0 Å². The normalized spacial score (nSPS) is 11.1. The minimum absolute atomic E-state index is 0.0537. The topological polar surface area (TPSA) is 63.2 Å². The van der Waals surface area contributed by atoms with Crippen LogP contribution in [0.1, 0.15) is 28.4 Å². The third-order valence-corrected chi connectivity index (χ3v) is 6.14. The monoisotopic (exact) mass is 379 g/mol. The molecular formula is C22H21NO3S. The van der Waals surface area contributed by atoms with E-state index in [0.29, 0.717) is 12.1 Å². The van der Waals surface area contributed by atoms with Gasteiger partial charge in [-0.15, -0.1) is 0 Å². The molecular weight excluding hydrogens is 358 g/mol. The number of amides is 1. The number of hydrogen-bond donors (Lipinski definition) is 1. The first kappa shape index (κ1) is 18.9. The average molecular weight is 379 g/mol. The van der Waals surface area contributed by atoms with Crippen molar-refractivity contribution >= 4 is 21.4 Å². The maximum absolute atomic E-state index is 12.8. The SMILES string of the molecule is CCS(=O)(=O)c1ccccc1C(=O)Nc1ccccc1Cc1ccccc1. The summed E-state index contributed by atoms with van der Waals surface area (Å²) >= 11 is 0. The number of carbonyl (C=O) groups is 1. The largest absolute Gasteiger partial charge is 0.322 e. The van der Waals surface area contributed by atoms with Crippen LogP contribution in [0.4, 0.5) is 5.69 Å². The first-order valence-electron chi connectivity index (χ1n) is 8.76. The number of nitrogens with one attached hydrogen (secondary N) is 1. The lowest BCUT2D eigenvalue weighted by atomic mass is 10.0. The summed E-state index contributed by atoms with van der Waals surface area (Å²) in [5.74, 6) is -0.481. The minimum Gasteiger partial charge on any atom is -0.322 e. The zero-order valence-corrected chi connectivity index (χ0v) is 15.9. The molecule has 3 aromatic carbocycles. The quantitative estimate of drug-likeness (QED) is 0.694. The fraction of sp³-hybridized carbons (Fsp3) is 0.136. The van der Waals surface area contributed by atoms with Gasteiger partial charge in [0.25, 0.3) is 5.91 Å². The maximum Gasteiger partial charge on any atom is 0.256 e. The van der Waals surface area contributed by atoms with E-state index in [-0.39, 0.29) is 16.2 Å². The highest BCUT2D eigenvalue weighted by Crippen LogP contribution is 2.22. The van der Waals surface area contributed by atoms with Gasteiger partial charge in [-0.3, -0.25) is 4.79 Å². The zero-order valence-electron chi connectivity index (χ0n) is 15.1. The Morgan fingerprint density at radius 3 is 2.22 bits per heavy atom. The van der Waals surface area contributed by atoms with Gasteiger partial charge in [0.15, 0.2) is 9.84 Å². The number of carbonyl (C=O) groups excluding carboxylic acids is 1. The van der Waals surface area contributed by atoms with Crippen LogP contribution >= 0.6 is 0 Å². The molecule has 138 valence electrons. The first-order chi connectivity index (χ1) is 13.0. The Kier molecular flexibility index (Phi) is 5.72. The summed E-state index contributed by atoms with van der Waals surface area (Å²) in [5, 5.41) is 2.88. The number of anilines is 1. The van der Waals surface area contributed by atoms with Crippen molar-refractivity contribution in [1.29, 1.82) is 0 Å². The van der Waals surface area contributed by atoms with Gasteiger partial charge < -0.3 is 5.32 Å². The Hall–Kier alpha value is -2.92. The van der Waals surface area contributed by atoms with E-state index < -0.39 is 15.7 Å². The van der Waals surface area contributed by atoms with Crippen molar-refractivity contribution in [1.82, 2.24) is 0 Å². The van der Waals surface area contributed by atoms with E-state index in [4.69, 9.17) is 0 Å². The molecule has 0 bridgehead atoms. The van der Waals surface area contributed by atoms with Crippen LogP contribution in [0.3, 0.4) is 0 Å². The molecule has 0 aliphatic carbocycles. The number of rotatable bonds is 6. The molecule has 0 radical (unpaired) electrons. The van der Waals surface area contributed by atoms with Gasteiger partial charge in [-0.1, -0.05) is 67.6 Å². The molecule has 0 saturated heterocycles. The molecule has 1 amide bonds. The van der Waals surface area contributed by atoms with Gasteiger partial charge in [-0.25, -0.2) is 8.42 Å². The predicted molar refractivity (Wildman–Crippen MR) is 108 cm³/mol. The number of sulfone groups is 1. The van der Waals surface area contributed by atoms with Gasteiger partial charge in [-0.05, 0) is 35.7 Å². The fourth-order valence-electron chi connectivity index (χ4n) is 2.88.